The third kappa shape index (κ3) is 4.94. The highest BCUT2D eigenvalue weighted by molar-refractivity contribution is 6.05. The molecule has 6 heteroatoms. The fourth-order valence-corrected chi connectivity index (χ4v) is 2.81. The van der Waals surface area contributed by atoms with Gasteiger partial charge in [0.15, 0.2) is 0 Å². The Morgan fingerprint density at radius 2 is 1.68 bits per heavy atom. The molecule has 0 aliphatic heterocycles. The number of hydrogen-bond acceptors (Lipinski definition) is 4. The first kappa shape index (κ1) is 19.1. The highest BCUT2D eigenvalue weighted by Gasteiger charge is 2.09. The molecule has 2 amide bonds. The summed E-state index contributed by atoms with van der Waals surface area (Å²) >= 11 is 0. The van der Waals surface area contributed by atoms with Crippen molar-refractivity contribution < 1.29 is 9.59 Å². The van der Waals surface area contributed by atoms with Crippen LogP contribution in [0.5, 0.6) is 0 Å². The van der Waals surface area contributed by atoms with Gasteiger partial charge in [0, 0.05) is 35.7 Å². The predicted octanol–water partition coefficient (Wildman–Crippen LogP) is 4.65. The van der Waals surface area contributed by atoms with Gasteiger partial charge in [-0.05, 0) is 55.8 Å². The van der Waals surface area contributed by atoms with Crippen molar-refractivity contribution in [2.75, 3.05) is 16.0 Å². The molecule has 0 aliphatic carbocycles. The standard InChI is InChI=1S/C22H22N4O2/c1-14-7-8-20(15(2)11-14)26-22(28)17-9-10-23-21(12-17)25-19-6-4-5-18(13-19)24-16(3)27/h4-13H,1-3H3,(H,23,25)(H,24,27)(H,26,28). The molecule has 142 valence electrons. The van der Waals surface area contributed by atoms with Crippen molar-refractivity contribution in [2.45, 2.75) is 20.8 Å². The van der Waals surface area contributed by atoms with Crippen molar-refractivity contribution in [3.05, 3.63) is 77.5 Å². The molecule has 0 saturated heterocycles. The number of amides is 2. The van der Waals surface area contributed by atoms with Crippen molar-refractivity contribution in [1.82, 2.24) is 4.98 Å². The first-order chi connectivity index (χ1) is 13.4. The van der Waals surface area contributed by atoms with E-state index in [-0.39, 0.29) is 11.8 Å². The minimum Gasteiger partial charge on any atom is -0.340 e. The van der Waals surface area contributed by atoms with Crippen LogP contribution >= 0.6 is 0 Å². The second kappa shape index (κ2) is 8.35. The number of hydrogen-bond donors (Lipinski definition) is 3. The van der Waals surface area contributed by atoms with Gasteiger partial charge in [0.25, 0.3) is 5.91 Å². The van der Waals surface area contributed by atoms with E-state index in [0.29, 0.717) is 17.1 Å². The molecule has 0 bridgehead atoms. The molecule has 2 aromatic carbocycles. The molecule has 1 aromatic heterocycles. The summed E-state index contributed by atoms with van der Waals surface area (Å²) in [7, 11) is 0. The van der Waals surface area contributed by atoms with E-state index < -0.39 is 0 Å². The number of aryl methyl sites for hydroxylation is 2. The monoisotopic (exact) mass is 374 g/mol. The van der Waals surface area contributed by atoms with Gasteiger partial charge in [-0.2, -0.15) is 0 Å². The Hall–Kier alpha value is -3.67. The Morgan fingerprint density at radius 1 is 0.893 bits per heavy atom. The van der Waals surface area contributed by atoms with Gasteiger partial charge in [-0.1, -0.05) is 23.8 Å². The highest BCUT2D eigenvalue weighted by atomic mass is 16.2. The molecule has 0 aliphatic rings. The summed E-state index contributed by atoms with van der Waals surface area (Å²) in [5.74, 6) is 0.193. The van der Waals surface area contributed by atoms with E-state index in [1.165, 1.54) is 6.92 Å². The van der Waals surface area contributed by atoms with Crippen molar-refractivity contribution in [2.24, 2.45) is 0 Å². The Balaban J connectivity index is 1.75. The zero-order valence-electron chi connectivity index (χ0n) is 16.0. The zero-order valence-corrected chi connectivity index (χ0v) is 16.0. The number of benzene rings is 2. The predicted molar refractivity (Wildman–Crippen MR) is 112 cm³/mol. The van der Waals surface area contributed by atoms with Crippen LogP contribution in [0, 0.1) is 13.8 Å². The fourth-order valence-electron chi connectivity index (χ4n) is 2.81. The second-order valence-electron chi connectivity index (χ2n) is 6.59. The average molecular weight is 374 g/mol. The molecule has 0 fully saturated rings. The lowest BCUT2D eigenvalue weighted by Gasteiger charge is -2.11. The summed E-state index contributed by atoms with van der Waals surface area (Å²) in [5, 5.41) is 8.82. The molecule has 3 N–H and O–H groups in total. The van der Waals surface area contributed by atoms with Crippen LogP contribution in [-0.4, -0.2) is 16.8 Å². The quantitative estimate of drug-likeness (QED) is 0.607. The molecule has 0 radical (unpaired) electrons. The van der Waals surface area contributed by atoms with Gasteiger partial charge in [0.1, 0.15) is 5.82 Å². The maximum atomic E-state index is 12.6. The summed E-state index contributed by atoms with van der Waals surface area (Å²) in [6.07, 6.45) is 1.58. The molecule has 0 saturated carbocycles. The minimum atomic E-state index is -0.204. The number of carbonyl (C=O) groups excluding carboxylic acids is 2. The van der Waals surface area contributed by atoms with Crippen molar-refractivity contribution in [3.63, 3.8) is 0 Å². The number of anilines is 4. The number of rotatable bonds is 5. The van der Waals surface area contributed by atoms with Gasteiger partial charge in [-0.15, -0.1) is 0 Å². The Labute approximate surface area is 164 Å². The Kier molecular flexibility index (Phi) is 5.69. The van der Waals surface area contributed by atoms with Crippen LogP contribution in [0.25, 0.3) is 0 Å². The second-order valence-corrected chi connectivity index (χ2v) is 6.59. The number of aromatic nitrogens is 1. The summed E-state index contributed by atoms with van der Waals surface area (Å²) in [4.78, 5) is 28.1. The Bertz CT molecular complexity index is 1030. The van der Waals surface area contributed by atoms with Crippen LogP contribution in [0.1, 0.15) is 28.4 Å². The van der Waals surface area contributed by atoms with Crippen LogP contribution in [0.2, 0.25) is 0 Å². The summed E-state index contributed by atoms with van der Waals surface area (Å²) < 4.78 is 0. The van der Waals surface area contributed by atoms with Gasteiger partial charge >= 0.3 is 0 Å². The third-order valence-electron chi connectivity index (χ3n) is 4.11. The summed E-state index contributed by atoms with van der Waals surface area (Å²) in [5.41, 5.74) is 4.87. The van der Waals surface area contributed by atoms with Gasteiger partial charge < -0.3 is 16.0 Å². The molecule has 1 heterocycles. The van der Waals surface area contributed by atoms with Crippen molar-refractivity contribution in [3.8, 4) is 0 Å². The molecule has 28 heavy (non-hydrogen) atoms. The van der Waals surface area contributed by atoms with Gasteiger partial charge in [0.2, 0.25) is 5.91 Å². The van der Waals surface area contributed by atoms with E-state index in [0.717, 1.165) is 22.5 Å². The first-order valence-electron chi connectivity index (χ1n) is 8.90. The lowest BCUT2D eigenvalue weighted by molar-refractivity contribution is -0.114. The van der Waals surface area contributed by atoms with Crippen molar-refractivity contribution in [1.29, 1.82) is 0 Å². The van der Waals surface area contributed by atoms with E-state index >= 15 is 0 Å². The zero-order chi connectivity index (χ0) is 20.1. The molecule has 0 spiro atoms. The fraction of sp³-hybridized carbons (Fsp3) is 0.136. The van der Waals surface area contributed by atoms with Gasteiger partial charge in [0.05, 0.1) is 0 Å². The topological polar surface area (TPSA) is 83.1 Å². The smallest absolute Gasteiger partial charge is 0.255 e. The number of nitrogens with one attached hydrogen (secondary N) is 3. The van der Waals surface area contributed by atoms with Crippen LogP contribution in [0.4, 0.5) is 22.9 Å². The maximum Gasteiger partial charge on any atom is 0.255 e. The summed E-state index contributed by atoms with van der Waals surface area (Å²) in [6.45, 7) is 5.43. The highest BCUT2D eigenvalue weighted by Crippen LogP contribution is 2.21. The van der Waals surface area contributed by atoms with Crippen molar-refractivity contribution >= 4 is 34.7 Å². The molecule has 3 aromatic rings. The Morgan fingerprint density at radius 3 is 2.43 bits per heavy atom. The number of carbonyl (C=O) groups is 2. The third-order valence-corrected chi connectivity index (χ3v) is 4.11. The van der Waals surface area contributed by atoms with E-state index in [4.69, 9.17) is 0 Å². The first-order valence-corrected chi connectivity index (χ1v) is 8.90. The lowest BCUT2D eigenvalue weighted by atomic mass is 10.1. The molecule has 0 atom stereocenters. The van der Waals surface area contributed by atoms with E-state index in [2.05, 4.69) is 20.9 Å². The maximum absolute atomic E-state index is 12.6. The van der Waals surface area contributed by atoms with Gasteiger partial charge in [-0.3, -0.25) is 9.59 Å². The number of nitrogens with zero attached hydrogens (tertiary/aromatic N) is 1. The van der Waals surface area contributed by atoms with Crippen LogP contribution in [0.3, 0.4) is 0 Å². The van der Waals surface area contributed by atoms with E-state index in [1.54, 1.807) is 30.5 Å². The molecule has 6 nitrogen and oxygen atoms in total. The van der Waals surface area contributed by atoms with Crippen LogP contribution in [-0.2, 0) is 4.79 Å². The minimum absolute atomic E-state index is 0.139. The molecular formula is C22H22N4O2. The van der Waals surface area contributed by atoms with E-state index in [1.807, 2.05) is 44.2 Å². The molecule has 0 unspecified atom stereocenters. The lowest BCUT2D eigenvalue weighted by Crippen LogP contribution is -2.13. The largest absolute Gasteiger partial charge is 0.340 e. The molecular weight excluding hydrogens is 352 g/mol. The van der Waals surface area contributed by atoms with E-state index in [9.17, 15) is 9.59 Å². The average Bonchev–Trinajstić information content (AvgIpc) is 2.64. The number of pyridine rings is 1. The summed E-state index contributed by atoms with van der Waals surface area (Å²) in [6, 6.07) is 16.5. The SMILES string of the molecule is CC(=O)Nc1cccc(Nc2cc(C(=O)Nc3ccc(C)cc3C)ccn2)c1. The van der Waals surface area contributed by atoms with Crippen LogP contribution in [0.15, 0.2) is 60.8 Å². The normalized spacial score (nSPS) is 10.2. The van der Waals surface area contributed by atoms with Crippen LogP contribution < -0.4 is 16.0 Å². The molecule has 3 rings (SSSR count). The van der Waals surface area contributed by atoms with Gasteiger partial charge in [-0.25, -0.2) is 4.98 Å².